The Morgan fingerprint density at radius 1 is 1.13 bits per heavy atom. The predicted molar refractivity (Wildman–Crippen MR) is 122 cm³/mol. The zero-order valence-electron chi connectivity index (χ0n) is 16.3. The highest BCUT2D eigenvalue weighted by Crippen LogP contribution is 2.33. The summed E-state index contributed by atoms with van der Waals surface area (Å²) in [7, 11) is 0. The van der Waals surface area contributed by atoms with Crippen molar-refractivity contribution in [2.24, 2.45) is 0 Å². The molecule has 158 valence electrons. The smallest absolute Gasteiger partial charge is 0.234 e. The molecule has 0 aliphatic rings. The van der Waals surface area contributed by atoms with Crippen LogP contribution in [0, 0.1) is 6.92 Å². The first-order valence-corrected chi connectivity index (χ1v) is 11.2. The maximum Gasteiger partial charge on any atom is 0.234 e. The van der Waals surface area contributed by atoms with Crippen LogP contribution in [0.1, 0.15) is 18.3 Å². The fraction of sp³-hybridized carbons (Fsp3) is 0.250. The average molecular weight is 486 g/mol. The number of nitrogens with one attached hydrogen (secondary N) is 1. The molecule has 1 N–H and O–H groups in total. The molecule has 0 unspecified atom stereocenters. The average Bonchev–Trinajstić information content (AvgIpc) is 3.10. The molecule has 2 aromatic carbocycles. The van der Waals surface area contributed by atoms with E-state index in [9.17, 15) is 4.79 Å². The van der Waals surface area contributed by atoms with Crippen molar-refractivity contribution < 1.29 is 9.53 Å². The molecule has 0 spiro atoms. The first-order valence-electron chi connectivity index (χ1n) is 9.06. The number of rotatable bonds is 8. The molecule has 0 bridgehead atoms. The third kappa shape index (κ3) is 5.82. The Bertz CT molecular complexity index is 1020. The van der Waals surface area contributed by atoms with Gasteiger partial charge in [-0.05, 0) is 38.1 Å². The Morgan fingerprint density at radius 2 is 1.80 bits per heavy atom. The van der Waals surface area contributed by atoms with Crippen LogP contribution in [0.15, 0.2) is 41.6 Å². The van der Waals surface area contributed by atoms with Gasteiger partial charge in [0.05, 0.1) is 21.5 Å². The molecule has 30 heavy (non-hydrogen) atoms. The van der Waals surface area contributed by atoms with E-state index in [-0.39, 0.29) is 28.3 Å². The minimum absolute atomic E-state index is 0.117. The molecule has 1 aromatic heterocycles. The molecule has 3 aromatic rings. The normalized spacial score (nSPS) is 10.8. The van der Waals surface area contributed by atoms with E-state index in [4.69, 9.17) is 39.5 Å². The lowest BCUT2D eigenvalue weighted by Gasteiger charge is -2.10. The van der Waals surface area contributed by atoms with Crippen molar-refractivity contribution in [3.63, 3.8) is 0 Å². The highest BCUT2D eigenvalue weighted by atomic mass is 35.5. The topological polar surface area (TPSA) is 69.0 Å². The maximum atomic E-state index is 12.4. The second kappa shape index (κ2) is 10.4. The van der Waals surface area contributed by atoms with Gasteiger partial charge >= 0.3 is 0 Å². The molecule has 0 fully saturated rings. The number of anilines is 1. The summed E-state index contributed by atoms with van der Waals surface area (Å²) < 4.78 is 7.70. The number of hydrogen-bond donors (Lipinski definition) is 1. The van der Waals surface area contributed by atoms with E-state index in [0.29, 0.717) is 28.2 Å². The minimum atomic E-state index is -0.269. The van der Waals surface area contributed by atoms with Crippen molar-refractivity contribution >= 4 is 58.2 Å². The number of hydrogen-bond acceptors (Lipinski definition) is 5. The minimum Gasteiger partial charge on any atom is -0.486 e. The van der Waals surface area contributed by atoms with Crippen molar-refractivity contribution in [2.75, 3.05) is 11.1 Å². The quantitative estimate of drug-likeness (QED) is 0.404. The number of carbonyl (C=O) groups excluding carboxylic acids is 1. The number of aromatic nitrogens is 3. The van der Waals surface area contributed by atoms with Crippen LogP contribution in [-0.4, -0.2) is 26.4 Å². The van der Waals surface area contributed by atoms with Gasteiger partial charge in [-0.25, -0.2) is 0 Å². The molecule has 0 aliphatic carbocycles. The summed E-state index contributed by atoms with van der Waals surface area (Å²) in [5, 5.41) is 12.7. The summed E-state index contributed by atoms with van der Waals surface area (Å²) in [6.07, 6.45) is 0. The molecule has 3 rings (SSSR count). The summed E-state index contributed by atoms with van der Waals surface area (Å²) in [6.45, 7) is 4.94. The third-order valence-electron chi connectivity index (χ3n) is 4.10. The molecule has 6 nitrogen and oxygen atoms in total. The lowest BCUT2D eigenvalue weighted by atomic mass is 10.2. The predicted octanol–water partition coefficient (Wildman–Crippen LogP) is 5.88. The Hall–Kier alpha value is -1.93. The third-order valence-corrected chi connectivity index (χ3v) is 5.88. The number of thioether (sulfide) groups is 1. The molecule has 0 radical (unpaired) electrons. The zero-order valence-corrected chi connectivity index (χ0v) is 19.4. The van der Waals surface area contributed by atoms with Crippen LogP contribution in [0.5, 0.6) is 5.75 Å². The summed E-state index contributed by atoms with van der Waals surface area (Å²) in [5.41, 5.74) is 1.50. The fourth-order valence-corrected chi connectivity index (χ4v) is 4.33. The largest absolute Gasteiger partial charge is 0.486 e. The summed E-state index contributed by atoms with van der Waals surface area (Å²) in [5.74, 6) is 1.29. The molecular weight excluding hydrogens is 467 g/mol. The lowest BCUT2D eigenvalue weighted by Crippen LogP contribution is -2.15. The van der Waals surface area contributed by atoms with Gasteiger partial charge in [0, 0.05) is 11.6 Å². The number of aryl methyl sites for hydroxylation is 1. The van der Waals surface area contributed by atoms with E-state index in [2.05, 4.69) is 15.5 Å². The lowest BCUT2D eigenvalue weighted by molar-refractivity contribution is -0.113. The molecule has 1 amide bonds. The Labute approximate surface area is 193 Å². The van der Waals surface area contributed by atoms with Gasteiger partial charge in [0.25, 0.3) is 0 Å². The molecule has 0 atom stereocenters. The van der Waals surface area contributed by atoms with Crippen LogP contribution < -0.4 is 10.1 Å². The van der Waals surface area contributed by atoms with Crippen molar-refractivity contribution in [2.45, 2.75) is 32.2 Å². The van der Waals surface area contributed by atoms with Crippen molar-refractivity contribution in [1.29, 1.82) is 0 Å². The van der Waals surface area contributed by atoms with Gasteiger partial charge in [-0.1, -0.05) is 64.3 Å². The van der Waals surface area contributed by atoms with E-state index < -0.39 is 0 Å². The number of amides is 1. The Balaban J connectivity index is 1.60. The van der Waals surface area contributed by atoms with Gasteiger partial charge in [0.1, 0.15) is 12.4 Å². The number of halogens is 3. The Kier molecular flexibility index (Phi) is 7.88. The standard InChI is InChI=1S/C20H19Cl3N4O2S/c1-3-27-17(10-29-14-6-4-12(2)5-7-14)25-26-20(27)30-11-18(28)24-19-15(22)8-13(21)9-16(19)23/h4-9H,3,10-11H2,1-2H3,(H,24,28). The monoisotopic (exact) mass is 484 g/mol. The number of carbonyl (C=O) groups is 1. The van der Waals surface area contributed by atoms with Crippen LogP contribution in [0.2, 0.25) is 15.1 Å². The van der Waals surface area contributed by atoms with Crippen LogP contribution in [0.25, 0.3) is 0 Å². The Morgan fingerprint density at radius 3 is 2.43 bits per heavy atom. The number of ether oxygens (including phenoxy) is 1. The zero-order chi connectivity index (χ0) is 21.7. The second-order valence-electron chi connectivity index (χ2n) is 6.33. The van der Waals surface area contributed by atoms with Crippen molar-refractivity contribution in [3.8, 4) is 5.75 Å². The van der Waals surface area contributed by atoms with Crippen LogP contribution in [0.4, 0.5) is 5.69 Å². The van der Waals surface area contributed by atoms with E-state index in [1.807, 2.05) is 42.7 Å². The van der Waals surface area contributed by atoms with Crippen molar-refractivity contribution in [1.82, 2.24) is 14.8 Å². The second-order valence-corrected chi connectivity index (χ2v) is 8.52. The highest BCUT2D eigenvalue weighted by Gasteiger charge is 2.16. The molecule has 0 saturated carbocycles. The summed E-state index contributed by atoms with van der Waals surface area (Å²) >= 11 is 19.4. The molecule has 0 saturated heterocycles. The van der Waals surface area contributed by atoms with Gasteiger partial charge < -0.3 is 14.6 Å². The van der Waals surface area contributed by atoms with Crippen LogP contribution >= 0.6 is 46.6 Å². The van der Waals surface area contributed by atoms with Crippen LogP contribution in [-0.2, 0) is 17.9 Å². The summed E-state index contributed by atoms with van der Waals surface area (Å²) in [4.78, 5) is 12.4. The molecule has 1 heterocycles. The molecular formula is C20H19Cl3N4O2S. The summed E-state index contributed by atoms with van der Waals surface area (Å²) in [6, 6.07) is 10.8. The van der Waals surface area contributed by atoms with E-state index >= 15 is 0 Å². The van der Waals surface area contributed by atoms with Crippen molar-refractivity contribution in [3.05, 3.63) is 62.9 Å². The van der Waals surface area contributed by atoms with E-state index in [1.165, 1.54) is 23.9 Å². The number of nitrogens with zero attached hydrogens (tertiary/aromatic N) is 3. The van der Waals surface area contributed by atoms with Gasteiger partial charge in [-0.2, -0.15) is 0 Å². The first kappa shape index (κ1) is 22.7. The number of benzene rings is 2. The van der Waals surface area contributed by atoms with E-state index in [1.54, 1.807) is 0 Å². The van der Waals surface area contributed by atoms with E-state index in [0.717, 1.165) is 11.3 Å². The van der Waals surface area contributed by atoms with Gasteiger partial charge in [0.2, 0.25) is 5.91 Å². The fourth-order valence-electron chi connectivity index (χ4n) is 2.60. The SMILES string of the molecule is CCn1c(COc2ccc(C)cc2)nnc1SCC(=O)Nc1c(Cl)cc(Cl)cc1Cl. The van der Waals surface area contributed by atoms with Gasteiger partial charge in [-0.3, -0.25) is 4.79 Å². The van der Waals surface area contributed by atoms with Gasteiger partial charge in [-0.15, -0.1) is 10.2 Å². The van der Waals surface area contributed by atoms with Crippen LogP contribution in [0.3, 0.4) is 0 Å². The highest BCUT2D eigenvalue weighted by molar-refractivity contribution is 7.99. The molecule has 10 heteroatoms. The maximum absolute atomic E-state index is 12.4. The first-order chi connectivity index (χ1) is 14.4. The van der Waals surface area contributed by atoms with Gasteiger partial charge in [0.15, 0.2) is 11.0 Å². The molecule has 0 aliphatic heterocycles.